The summed E-state index contributed by atoms with van der Waals surface area (Å²) in [6, 6.07) is -0.193. The summed E-state index contributed by atoms with van der Waals surface area (Å²) in [7, 11) is 0. The lowest BCUT2D eigenvalue weighted by Gasteiger charge is -2.31. The number of aliphatic hydroxyl groups is 1. The van der Waals surface area contributed by atoms with E-state index in [2.05, 4.69) is 0 Å². The van der Waals surface area contributed by atoms with E-state index >= 15 is 0 Å². The van der Waals surface area contributed by atoms with E-state index in [0.29, 0.717) is 19.4 Å². The third-order valence-corrected chi connectivity index (χ3v) is 3.96. The number of rotatable bonds is 5. The van der Waals surface area contributed by atoms with Crippen LogP contribution in [0, 0.1) is 5.41 Å². The summed E-state index contributed by atoms with van der Waals surface area (Å²) >= 11 is 0. The van der Waals surface area contributed by atoms with Gasteiger partial charge in [-0.25, -0.2) is 4.79 Å². The van der Waals surface area contributed by atoms with Crippen LogP contribution in [0.4, 0.5) is 4.79 Å². The fourth-order valence-electron chi connectivity index (χ4n) is 2.51. The van der Waals surface area contributed by atoms with Crippen molar-refractivity contribution in [2.75, 3.05) is 26.2 Å². The fraction of sp³-hybridized carbons (Fsp3) is 0.846. The number of hydrogen-bond acceptors (Lipinski definition) is 3. The number of urea groups is 1. The number of likely N-dealkylation sites (tertiary alicyclic amines) is 1. The molecule has 0 bridgehead atoms. The third kappa shape index (κ3) is 3.18. The predicted octanol–water partition coefficient (Wildman–Crippen LogP) is 0.996. The number of carboxylic acids is 1. The largest absolute Gasteiger partial charge is 0.481 e. The fourth-order valence-corrected chi connectivity index (χ4v) is 2.51. The van der Waals surface area contributed by atoms with Gasteiger partial charge in [-0.2, -0.15) is 0 Å². The van der Waals surface area contributed by atoms with E-state index in [4.69, 9.17) is 5.11 Å². The van der Waals surface area contributed by atoms with Crippen LogP contribution in [-0.2, 0) is 4.79 Å². The van der Waals surface area contributed by atoms with Gasteiger partial charge in [0, 0.05) is 25.7 Å². The first kappa shape index (κ1) is 15.8. The van der Waals surface area contributed by atoms with E-state index in [1.54, 1.807) is 9.80 Å². The first-order chi connectivity index (χ1) is 8.88. The molecule has 2 N–H and O–H groups in total. The van der Waals surface area contributed by atoms with Crippen molar-refractivity contribution in [1.82, 2.24) is 9.80 Å². The van der Waals surface area contributed by atoms with Gasteiger partial charge in [-0.1, -0.05) is 6.92 Å². The number of carbonyl (C=O) groups excluding carboxylic acids is 1. The Morgan fingerprint density at radius 2 is 2.05 bits per heavy atom. The van der Waals surface area contributed by atoms with Crippen LogP contribution in [0.3, 0.4) is 0 Å². The number of carboxylic acid groups (broad SMARTS) is 1. The first-order valence-electron chi connectivity index (χ1n) is 6.77. The average molecular weight is 272 g/mol. The summed E-state index contributed by atoms with van der Waals surface area (Å²) in [5.41, 5.74) is -0.808. The predicted molar refractivity (Wildman–Crippen MR) is 70.9 cm³/mol. The lowest BCUT2D eigenvalue weighted by atomic mass is 9.84. The van der Waals surface area contributed by atoms with Gasteiger partial charge in [0.15, 0.2) is 0 Å². The van der Waals surface area contributed by atoms with Crippen LogP contribution < -0.4 is 0 Å². The molecule has 0 saturated carbocycles. The quantitative estimate of drug-likeness (QED) is 0.782. The Morgan fingerprint density at radius 3 is 2.42 bits per heavy atom. The van der Waals surface area contributed by atoms with Gasteiger partial charge in [0.05, 0.1) is 12.0 Å². The maximum absolute atomic E-state index is 12.4. The molecular weight excluding hydrogens is 248 g/mol. The summed E-state index contributed by atoms with van der Waals surface area (Å²) in [6.45, 7) is 6.52. The molecule has 1 rings (SSSR count). The second kappa shape index (κ2) is 6.23. The number of carbonyl (C=O) groups is 2. The number of amides is 2. The van der Waals surface area contributed by atoms with Crippen molar-refractivity contribution in [2.45, 2.75) is 39.7 Å². The van der Waals surface area contributed by atoms with Crippen molar-refractivity contribution in [3.05, 3.63) is 0 Å². The summed E-state index contributed by atoms with van der Waals surface area (Å²) in [4.78, 5) is 26.9. The highest BCUT2D eigenvalue weighted by atomic mass is 16.4. The van der Waals surface area contributed by atoms with E-state index in [1.807, 2.05) is 20.8 Å². The van der Waals surface area contributed by atoms with Gasteiger partial charge in [0.25, 0.3) is 0 Å². The Labute approximate surface area is 114 Å². The van der Waals surface area contributed by atoms with E-state index in [1.165, 1.54) is 0 Å². The topological polar surface area (TPSA) is 81.1 Å². The Hall–Kier alpha value is -1.30. The van der Waals surface area contributed by atoms with E-state index in [9.17, 15) is 14.7 Å². The highest BCUT2D eigenvalue weighted by molar-refractivity contribution is 5.80. The zero-order valence-electron chi connectivity index (χ0n) is 11.9. The molecule has 1 saturated heterocycles. The Kier molecular flexibility index (Phi) is 5.17. The van der Waals surface area contributed by atoms with Crippen molar-refractivity contribution in [1.29, 1.82) is 0 Å². The molecule has 6 heteroatoms. The van der Waals surface area contributed by atoms with Gasteiger partial charge in [0.1, 0.15) is 0 Å². The van der Waals surface area contributed by atoms with Crippen molar-refractivity contribution in [2.24, 2.45) is 5.41 Å². The van der Waals surface area contributed by atoms with Gasteiger partial charge >= 0.3 is 12.0 Å². The average Bonchev–Trinajstić information content (AvgIpc) is 2.80. The summed E-state index contributed by atoms with van der Waals surface area (Å²) in [5, 5.41) is 18.3. The minimum absolute atomic E-state index is 0.0129. The number of aliphatic hydroxyl groups excluding tert-OH is 1. The van der Waals surface area contributed by atoms with Crippen molar-refractivity contribution in [3.63, 3.8) is 0 Å². The molecule has 1 aliphatic heterocycles. The summed E-state index contributed by atoms with van der Waals surface area (Å²) in [6.07, 6.45) is 1.02. The molecule has 19 heavy (non-hydrogen) atoms. The molecule has 1 unspecified atom stereocenters. The van der Waals surface area contributed by atoms with Crippen LogP contribution in [0.2, 0.25) is 0 Å². The Balaban J connectivity index is 2.77. The molecule has 0 aromatic rings. The highest BCUT2D eigenvalue weighted by Crippen LogP contribution is 2.34. The highest BCUT2D eigenvalue weighted by Gasteiger charge is 2.45. The van der Waals surface area contributed by atoms with E-state index in [0.717, 1.165) is 0 Å². The first-order valence-corrected chi connectivity index (χ1v) is 6.77. The molecule has 6 nitrogen and oxygen atoms in total. The van der Waals surface area contributed by atoms with Crippen LogP contribution >= 0.6 is 0 Å². The maximum atomic E-state index is 12.4. The molecule has 110 valence electrons. The molecule has 0 aromatic carbocycles. The molecule has 1 aliphatic rings. The molecule has 1 atom stereocenters. The molecule has 1 heterocycles. The Bertz CT molecular complexity index is 346. The van der Waals surface area contributed by atoms with Crippen molar-refractivity contribution < 1.29 is 19.8 Å². The van der Waals surface area contributed by atoms with Gasteiger partial charge < -0.3 is 20.0 Å². The second-order valence-electron chi connectivity index (χ2n) is 5.40. The lowest BCUT2D eigenvalue weighted by Crippen LogP contribution is -2.48. The number of hydrogen-bond donors (Lipinski definition) is 2. The second-order valence-corrected chi connectivity index (χ2v) is 5.40. The van der Waals surface area contributed by atoms with E-state index in [-0.39, 0.29) is 31.8 Å². The van der Waals surface area contributed by atoms with Crippen LogP contribution in [0.1, 0.15) is 33.6 Å². The van der Waals surface area contributed by atoms with Gasteiger partial charge in [0.2, 0.25) is 0 Å². The maximum Gasteiger partial charge on any atom is 0.320 e. The molecular formula is C13H24N2O4. The van der Waals surface area contributed by atoms with Gasteiger partial charge in [-0.05, 0) is 26.7 Å². The smallest absolute Gasteiger partial charge is 0.320 e. The molecule has 2 amide bonds. The molecule has 1 fully saturated rings. The monoisotopic (exact) mass is 272 g/mol. The number of aliphatic carboxylic acids is 1. The molecule has 0 aliphatic carbocycles. The number of nitrogens with zero attached hydrogens (tertiary/aromatic N) is 2. The zero-order valence-corrected chi connectivity index (χ0v) is 11.9. The molecule has 0 radical (unpaired) electrons. The van der Waals surface area contributed by atoms with Crippen LogP contribution in [0.25, 0.3) is 0 Å². The van der Waals surface area contributed by atoms with Crippen molar-refractivity contribution >= 4 is 12.0 Å². The van der Waals surface area contributed by atoms with Crippen LogP contribution in [-0.4, -0.2) is 64.3 Å². The van der Waals surface area contributed by atoms with Gasteiger partial charge in [-0.15, -0.1) is 0 Å². The summed E-state index contributed by atoms with van der Waals surface area (Å²) in [5.74, 6) is -0.830. The SMILES string of the molecule is CCC1(C(=O)O)CCN(C(=O)N(CCO)C(C)C)C1. The summed E-state index contributed by atoms with van der Waals surface area (Å²) < 4.78 is 0. The normalized spacial score (nSPS) is 22.9. The zero-order chi connectivity index (χ0) is 14.6. The standard InChI is InChI=1S/C13H24N2O4/c1-4-13(11(17)18)5-6-14(9-13)12(19)15(7-8-16)10(2)3/h10,16H,4-9H2,1-3H3,(H,17,18). The Morgan fingerprint density at radius 1 is 1.42 bits per heavy atom. The van der Waals surface area contributed by atoms with Crippen LogP contribution in [0.5, 0.6) is 0 Å². The van der Waals surface area contributed by atoms with E-state index < -0.39 is 11.4 Å². The van der Waals surface area contributed by atoms with Crippen molar-refractivity contribution in [3.8, 4) is 0 Å². The molecule has 0 aromatic heterocycles. The van der Waals surface area contributed by atoms with Crippen LogP contribution in [0.15, 0.2) is 0 Å². The third-order valence-electron chi connectivity index (χ3n) is 3.96. The minimum atomic E-state index is -0.830. The lowest BCUT2D eigenvalue weighted by molar-refractivity contribution is -0.148. The minimum Gasteiger partial charge on any atom is -0.481 e. The van der Waals surface area contributed by atoms with Gasteiger partial charge in [-0.3, -0.25) is 4.79 Å². The molecule has 0 spiro atoms.